The van der Waals surface area contributed by atoms with Gasteiger partial charge in [-0.1, -0.05) is 13.0 Å². The summed E-state index contributed by atoms with van der Waals surface area (Å²) in [7, 11) is 0. The molecule has 0 aromatic carbocycles. The highest BCUT2D eigenvalue weighted by Crippen LogP contribution is 2.35. The maximum absolute atomic E-state index is 10.4. The standard InChI is InChI=1S/C16H19NOS2/c1-2-11-3-4-13(17-9-11)8-14(18)16-7-12-10-19-6-5-15(12)20-16/h3-4,7,9,14,18H,2,5-6,8,10H2,1H3. The van der Waals surface area contributed by atoms with Gasteiger partial charge in [0.2, 0.25) is 0 Å². The third kappa shape index (κ3) is 3.08. The Kier molecular flexibility index (Phi) is 4.44. The van der Waals surface area contributed by atoms with Crippen LogP contribution in [0.2, 0.25) is 0 Å². The molecule has 1 atom stereocenters. The highest BCUT2D eigenvalue weighted by molar-refractivity contribution is 7.98. The lowest BCUT2D eigenvalue weighted by molar-refractivity contribution is 0.181. The van der Waals surface area contributed by atoms with Crippen LogP contribution < -0.4 is 0 Å². The van der Waals surface area contributed by atoms with Gasteiger partial charge in [-0.25, -0.2) is 0 Å². The molecule has 0 amide bonds. The molecular weight excluding hydrogens is 286 g/mol. The van der Waals surface area contributed by atoms with Crippen LogP contribution in [-0.4, -0.2) is 15.8 Å². The summed E-state index contributed by atoms with van der Waals surface area (Å²) in [5, 5.41) is 10.4. The molecule has 3 heterocycles. The normalized spacial score (nSPS) is 15.9. The van der Waals surface area contributed by atoms with Crippen molar-refractivity contribution in [2.45, 2.75) is 38.0 Å². The maximum Gasteiger partial charge on any atom is 0.0937 e. The zero-order valence-electron chi connectivity index (χ0n) is 11.6. The second-order valence-electron chi connectivity index (χ2n) is 5.13. The van der Waals surface area contributed by atoms with Crippen molar-refractivity contribution in [3.05, 3.63) is 51.0 Å². The van der Waals surface area contributed by atoms with Crippen molar-refractivity contribution in [3.8, 4) is 0 Å². The van der Waals surface area contributed by atoms with Gasteiger partial charge in [0.05, 0.1) is 6.10 Å². The number of rotatable bonds is 4. The fourth-order valence-corrected chi connectivity index (χ4v) is 4.78. The summed E-state index contributed by atoms with van der Waals surface area (Å²) in [6, 6.07) is 6.33. The number of thiophene rings is 1. The van der Waals surface area contributed by atoms with E-state index in [0.29, 0.717) is 6.42 Å². The molecule has 0 fully saturated rings. The Morgan fingerprint density at radius 2 is 2.30 bits per heavy atom. The maximum atomic E-state index is 10.4. The first-order valence-electron chi connectivity index (χ1n) is 7.07. The van der Waals surface area contributed by atoms with Gasteiger partial charge in [-0.3, -0.25) is 4.98 Å². The zero-order valence-corrected chi connectivity index (χ0v) is 13.3. The first-order chi connectivity index (χ1) is 9.76. The smallest absolute Gasteiger partial charge is 0.0937 e. The number of aliphatic hydroxyl groups excluding tert-OH is 1. The van der Waals surface area contributed by atoms with Crippen LogP contribution in [0.3, 0.4) is 0 Å². The molecule has 0 radical (unpaired) electrons. The van der Waals surface area contributed by atoms with E-state index in [2.05, 4.69) is 24.0 Å². The molecule has 106 valence electrons. The first kappa shape index (κ1) is 14.1. The van der Waals surface area contributed by atoms with Gasteiger partial charge >= 0.3 is 0 Å². The molecule has 3 rings (SSSR count). The van der Waals surface area contributed by atoms with Crippen LogP contribution in [0.4, 0.5) is 0 Å². The van der Waals surface area contributed by atoms with E-state index in [1.54, 1.807) is 11.3 Å². The van der Waals surface area contributed by atoms with Gasteiger partial charge in [-0.2, -0.15) is 11.8 Å². The summed E-state index contributed by atoms with van der Waals surface area (Å²) in [6.07, 6.45) is 4.26. The molecular formula is C16H19NOS2. The summed E-state index contributed by atoms with van der Waals surface area (Å²) in [5.74, 6) is 2.31. The second-order valence-corrected chi connectivity index (χ2v) is 7.40. The van der Waals surface area contributed by atoms with Crippen LogP contribution in [-0.2, 0) is 25.0 Å². The SMILES string of the molecule is CCc1ccc(CC(O)c2cc3c(s2)CCSC3)nc1. The lowest BCUT2D eigenvalue weighted by atomic mass is 10.1. The Morgan fingerprint density at radius 1 is 1.40 bits per heavy atom. The Morgan fingerprint density at radius 3 is 3.00 bits per heavy atom. The fourth-order valence-electron chi connectivity index (χ4n) is 2.42. The molecule has 0 spiro atoms. The largest absolute Gasteiger partial charge is 0.387 e. The number of pyridine rings is 1. The van der Waals surface area contributed by atoms with Crippen molar-refractivity contribution in [1.29, 1.82) is 0 Å². The quantitative estimate of drug-likeness (QED) is 0.933. The average Bonchev–Trinajstić information content (AvgIpc) is 2.92. The zero-order chi connectivity index (χ0) is 13.9. The molecule has 0 saturated heterocycles. The van der Waals surface area contributed by atoms with E-state index < -0.39 is 6.10 Å². The number of fused-ring (bicyclic) bond motifs is 1. The van der Waals surface area contributed by atoms with E-state index in [4.69, 9.17) is 0 Å². The van der Waals surface area contributed by atoms with Crippen molar-refractivity contribution < 1.29 is 5.11 Å². The van der Waals surface area contributed by atoms with Crippen LogP contribution in [0.1, 0.15) is 39.6 Å². The third-order valence-corrected chi connectivity index (χ3v) is 6.02. The second kappa shape index (κ2) is 6.29. The number of aryl methyl sites for hydroxylation is 2. The average molecular weight is 305 g/mol. The highest BCUT2D eigenvalue weighted by Gasteiger charge is 2.18. The van der Waals surface area contributed by atoms with Crippen LogP contribution in [0, 0.1) is 0 Å². The van der Waals surface area contributed by atoms with E-state index in [1.165, 1.54) is 21.8 Å². The fraction of sp³-hybridized carbons (Fsp3) is 0.438. The first-order valence-corrected chi connectivity index (χ1v) is 9.04. The third-order valence-electron chi connectivity index (χ3n) is 3.67. The van der Waals surface area contributed by atoms with E-state index >= 15 is 0 Å². The molecule has 2 aromatic rings. The van der Waals surface area contributed by atoms with Crippen LogP contribution >= 0.6 is 23.1 Å². The lowest BCUT2D eigenvalue weighted by Crippen LogP contribution is -2.01. The molecule has 2 aromatic heterocycles. The minimum absolute atomic E-state index is 0.421. The van der Waals surface area contributed by atoms with Crippen molar-refractivity contribution >= 4 is 23.1 Å². The van der Waals surface area contributed by atoms with Gasteiger partial charge < -0.3 is 5.11 Å². The molecule has 1 aliphatic rings. The minimum atomic E-state index is -0.421. The van der Waals surface area contributed by atoms with E-state index in [0.717, 1.165) is 29.2 Å². The van der Waals surface area contributed by atoms with Gasteiger partial charge in [-0.05, 0) is 41.9 Å². The Balaban J connectivity index is 1.71. The van der Waals surface area contributed by atoms with Crippen LogP contribution in [0.25, 0.3) is 0 Å². The molecule has 1 aliphatic heterocycles. The lowest BCUT2D eigenvalue weighted by Gasteiger charge is -2.08. The minimum Gasteiger partial charge on any atom is -0.387 e. The molecule has 0 aliphatic carbocycles. The molecule has 1 unspecified atom stereocenters. The predicted octanol–water partition coefficient (Wildman–Crippen LogP) is 3.77. The number of hydrogen-bond acceptors (Lipinski definition) is 4. The van der Waals surface area contributed by atoms with E-state index in [-0.39, 0.29) is 0 Å². The summed E-state index contributed by atoms with van der Waals surface area (Å²) < 4.78 is 0. The van der Waals surface area contributed by atoms with Gasteiger partial charge in [0.1, 0.15) is 0 Å². The molecule has 0 saturated carbocycles. The molecule has 20 heavy (non-hydrogen) atoms. The number of thioether (sulfide) groups is 1. The predicted molar refractivity (Wildman–Crippen MR) is 86.5 cm³/mol. The van der Waals surface area contributed by atoms with Gasteiger partial charge in [-0.15, -0.1) is 11.3 Å². The van der Waals surface area contributed by atoms with Gasteiger partial charge in [0.25, 0.3) is 0 Å². The summed E-state index contributed by atoms with van der Waals surface area (Å²) in [6.45, 7) is 2.12. The van der Waals surface area contributed by atoms with Crippen molar-refractivity contribution in [3.63, 3.8) is 0 Å². The van der Waals surface area contributed by atoms with E-state index in [1.807, 2.05) is 24.0 Å². The number of hydrogen-bond donors (Lipinski definition) is 1. The van der Waals surface area contributed by atoms with Gasteiger partial charge in [0, 0.05) is 33.8 Å². The Labute approximate surface area is 128 Å². The van der Waals surface area contributed by atoms with Crippen molar-refractivity contribution in [1.82, 2.24) is 4.98 Å². The number of aromatic nitrogens is 1. The monoisotopic (exact) mass is 305 g/mol. The van der Waals surface area contributed by atoms with Crippen LogP contribution in [0.15, 0.2) is 24.4 Å². The molecule has 1 N–H and O–H groups in total. The summed E-state index contributed by atoms with van der Waals surface area (Å²) in [5.41, 5.74) is 3.64. The van der Waals surface area contributed by atoms with Crippen molar-refractivity contribution in [2.24, 2.45) is 0 Å². The number of aliphatic hydroxyl groups is 1. The molecule has 4 heteroatoms. The Bertz CT molecular complexity index is 553. The van der Waals surface area contributed by atoms with Gasteiger partial charge in [0.15, 0.2) is 0 Å². The van der Waals surface area contributed by atoms with Crippen molar-refractivity contribution in [2.75, 3.05) is 5.75 Å². The topological polar surface area (TPSA) is 33.1 Å². The summed E-state index contributed by atoms with van der Waals surface area (Å²) in [4.78, 5) is 7.00. The highest BCUT2D eigenvalue weighted by atomic mass is 32.2. The van der Waals surface area contributed by atoms with Crippen LogP contribution in [0.5, 0.6) is 0 Å². The number of nitrogens with zero attached hydrogens (tertiary/aromatic N) is 1. The molecule has 2 nitrogen and oxygen atoms in total. The Hall–Kier alpha value is -0.840. The summed E-state index contributed by atoms with van der Waals surface area (Å²) >= 11 is 3.76. The van der Waals surface area contributed by atoms with E-state index in [9.17, 15) is 5.11 Å². The molecule has 0 bridgehead atoms.